The van der Waals surface area contributed by atoms with Crippen LogP contribution in [0.3, 0.4) is 0 Å². The molecule has 18 heavy (non-hydrogen) atoms. The van der Waals surface area contributed by atoms with Gasteiger partial charge in [-0.1, -0.05) is 6.08 Å². The lowest BCUT2D eigenvalue weighted by Gasteiger charge is -2.26. The van der Waals surface area contributed by atoms with Crippen LogP contribution >= 0.6 is 0 Å². The number of furan rings is 1. The predicted molar refractivity (Wildman–Crippen MR) is 70.4 cm³/mol. The zero-order valence-corrected chi connectivity index (χ0v) is 11.3. The second-order valence-electron chi connectivity index (χ2n) is 5.04. The van der Waals surface area contributed by atoms with E-state index in [0.29, 0.717) is 19.5 Å². The van der Waals surface area contributed by atoms with E-state index in [4.69, 9.17) is 9.15 Å². The van der Waals surface area contributed by atoms with Gasteiger partial charge in [0.15, 0.2) is 0 Å². The molecular weight excluding hydrogens is 230 g/mol. The van der Waals surface area contributed by atoms with Gasteiger partial charge >= 0.3 is 6.09 Å². The topological polar surface area (TPSA) is 42.7 Å². The summed E-state index contributed by atoms with van der Waals surface area (Å²) in [6.45, 7) is 10.2. The zero-order chi connectivity index (χ0) is 13.6. The first kappa shape index (κ1) is 14.4. The number of hydrogen-bond donors (Lipinski definition) is 0. The molecule has 1 rings (SSSR count). The summed E-state index contributed by atoms with van der Waals surface area (Å²) in [7, 11) is 0. The van der Waals surface area contributed by atoms with Gasteiger partial charge in [0.25, 0.3) is 0 Å². The predicted octanol–water partition coefficient (Wildman–Crippen LogP) is 3.25. The molecule has 1 aromatic heterocycles. The maximum absolute atomic E-state index is 11.9. The maximum atomic E-state index is 11.9. The third-order valence-corrected chi connectivity index (χ3v) is 2.21. The number of carbonyl (C=O) groups excluding carboxylic acids is 1. The van der Waals surface area contributed by atoms with Crippen LogP contribution in [0.2, 0.25) is 0 Å². The maximum Gasteiger partial charge on any atom is 0.410 e. The molecule has 0 aromatic carbocycles. The van der Waals surface area contributed by atoms with E-state index in [2.05, 4.69) is 6.58 Å². The third kappa shape index (κ3) is 5.08. The van der Waals surface area contributed by atoms with Gasteiger partial charge in [-0.15, -0.1) is 6.58 Å². The minimum Gasteiger partial charge on any atom is -0.469 e. The molecule has 0 bridgehead atoms. The molecule has 100 valence electrons. The van der Waals surface area contributed by atoms with E-state index in [1.165, 1.54) is 0 Å². The monoisotopic (exact) mass is 251 g/mol. The molecule has 0 aliphatic heterocycles. The standard InChI is InChI=1S/C14H21NO3/c1-5-9-15(13(16)18-14(2,3)4)10-8-12-7-6-11-17-12/h5-7,11H,1,8-10H2,2-4H3. The average Bonchev–Trinajstić information content (AvgIpc) is 2.74. The van der Waals surface area contributed by atoms with Crippen molar-refractivity contribution in [3.63, 3.8) is 0 Å². The van der Waals surface area contributed by atoms with Crippen molar-refractivity contribution >= 4 is 6.09 Å². The number of rotatable bonds is 5. The van der Waals surface area contributed by atoms with Gasteiger partial charge in [-0.25, -0.2) is 4.79 Å². The first-order valence-electron chi connectivity index (χ1n) is 6.03. The van der Waals surface area contributed by atoms with Gasteiger partial charge in [0.2, 0.25) is 0 Å². The third-order valence-electron chi connectivity index (χ3n) is 2.21. The van der Waals surface area contributed by atoms with Gasteiger partial charge in [-0.3, -0.25) is 0 Å². The molecule has 0 atom stereocenters. The van der Waals surface area contributed by atoms with Crippen LogP contribution in [0, 0.1) is 0 Å². The van der Waals surface area contributed by atoms with Gasteiger partial charge < -0.3 is 14.1 Å². The molecule has 0 fully saturated rings. The van der Waals surface area contributed by atoms with Crippen molar-refractivity contribution < 1.29 is 13.9 Å². The van der Waals surface area contributed by atoms with Gasteiger partial charge in [0.1, 0.15) is 11.4 Å². The summed E-state index contributed by atoms with van der Waals surface area (Å²) in [5.74, 6) is 0.854. The Kier molecular flexibility index (Phi) is 5.01. The Hall–Kier alpha value is -1.71. The normalized spacial score (nSPS) is 11.1. The van der Waals surface area contributed by atoms with E-state index in [1.54, 1.807) is 17.2 Å². The van der Waals surface area contributed by atoms with Crippen molar-refractivity contribution in [3.8, 4) is 0 Å². The fraction of sp³-hybridized carbons (Fsp3) is 0.500. The molecular formula is C14H21NO3. The Morgan fingerprint density at radius 2 is 2.28 bits per heavy atom. The molecule has 1 heterocycles. The second kappa shape index (κ2) is 6.28. The summed E-state index contributed by atoms with van der Waals surface area (Å²) >= 11 is 0. The fourth-order valence-corrected chi connectivity index (χ4v) is 1.44. The lowest BCUT2D eigenvalue weighted by atomic mass is 10.2. The number of nitrogens with zero attached hydrogens (tertiary/aromatic N) is 1. The van der Waals surface area contributed by atoms with Crippen LogP contribution < -0.4 is 0 Å². The summed E-state index contributed by atoms with van der Waals surface area (Å²) in [6.07, 6.45) is 3.65. The molecule has 0 aliphatic rings. The summed E-state index contributed by atoms with van der Waals surface area (Å²) < 4.78 is 10.6. The van der Waals surface area contributed by atoms with Crippen LogP contribution in [-0.4, -0.2) is 29.7 Å². The van der Waals surface area contributed by atoms with Crippen LogP contribution in [0.15, 0.2) is 35.5 Å². The van der Waals surface area contributed by atoms with Crippen LogP contribution in [0.4, 0.5) is 4.79 Å². The minimum atomic E-state index is -0.485. The molecule has 0 aliphatic carbocycles. The van der Waals surface area contributed by atoms with E-state index in [1.807, 2.05) is 32.9 Å². The lowest BCUT2D eigenvalue weighted by Crippen LogP contribution is -2.38. The Morgan fingerprint density at radius 1 is 1.56 bits per heavy atom. The van der Waals surface area contributed by atoms with Gasteiger partial charge in [0.05, 0.1) is 6.26 Å². The average molecular weight is 251 g/mol. The number of hydrogen-bond acceptors (Lipinski definition) is 3. The quantitative estimate of drug-likeness (QED) is 0.754. The smallest absolute Gasteiger partial charge is 0.410 e. The summed E-state index contributed by atoms with van der Waals surface area (Å²) in [6, 6.07) is 3.72. The molecule has 1 amide bonds. The highest BCUT2D eigenvalue weighted by Gasteiger charge is 2.21. The van der Waals surface area contributed by atoms with E-state index >= 15 is 0 Å². The van der Waals surface area contributed by atoms with Crippen LogP contribution in [0.25, 0.3) is 0 Å². The van der Waals surface area contributed by atoms with Crippen molar-refractivity contribution in [2.24, 2.45) is 0 Å². The first-order chi connectivity index (χ1) is 8.42. The first-order valence-corrected chi connectivity index (χ1v) is 6.03. The van der Waals surface area contributed by atoms with Crippen LogP contribution in [-0.2, 0) is 11.2 Å². The minimum absolute atomic E-state index is 0.325. The van der Waals surface area contributed by atoms with E-state index in [0.717, 1.165) is 5.76 Å². The number of ether oxygens (including phenoxy) is 1. The molecule has 4 nitrogen and oxygen atoms in total. The molecule has 0 N–H and O–H groups in total. The van der Waals surface area contributed by atoms with Crippen molar-refractivity contribution in [2.75, 3.05) is 13.1 Å². The number of amides is 1. The van der Waals surface area contributed by atoms with Gasteiger partial charge in [0, 0.05) is 19.5 Å². The lowest BCUT2D eigenvalue weighted by molar-refractivity contribution is 0.0272. The summed E-state index contributed by atoms with van der Waals surface area (Å²) in [5.41, 5.74) is -0.485. The summed E-state index contributed by atoms with van der Waals surface area (Å²) in [4.78, 5) is 13.5. The number of carbonyl (C=O) groups is 1. The van der Waals surface area contributed by atoms with E-state index in [9.17, 15) is 4.79 Å². The largest absolute Gasteiger partial charge is 0.469 e. The highest BCUT2D eigenvalue weighted by Crippen LogP contribution is 2.11. The SMILES string of the molecule is C=CCN(CCc1ccco1)C(=O)OC(C)(C)C. The molecule has 4 heteroatoms. The molecule has 0 saturated heterocycles. The Morgan fingerprint density at radius 3 is 2.78 bits per heavy atom. The Balaban J connectivity index is 2.53. The van der Waals surface area contributed by atoms with Crippen molar-refractivity contribution in [2.45, 2.75) is 32.8 Å². The molecule has 0 saturated carbocycles. The van der Waals surface area contributed by atoms with Crippen LogP contribution in [0.5, 0.6) is 0 Å². The van der Waals surface area contributed by atoms with Crippen molar-refractivity contribution in [1.82, 2.24) is 4.90 Å². The summed E-state index contributed by atoms with van der Waals surface area (Å²) in [5, 5.41) is 0. The van der Waals surface area contributed by atoms with Gasteiger partial charge in [-0.05, 0) is 32.9 Å². The van der Waals surface area contributed by atoms with Crippen LogP contribution in [0.1, 0.15) is 26.5 Å². The molecule has 1 aromatic rings. The van der Waals surface area contributed by atoms with E-state index < -0.39 is 5.60 Å². The zero-order valence-electron chi connectivity index (χ0n) is 11.3. The fourth-order valence-electron chi connectivity index (χ4n) is 1.44. The van der Waals surface area contributed by atoms with Crippen molar-refractivity contribution in [3.05, 3.63) is 36.8 Å². The van der Waals surface area contributed by atoms with Gasteiger partial charge in [-0.2, -0.15) is 0 Å². The highest BCUT2D eigenvalue weighted by atomic mass is 16.6. The second-order valence-corrected chi connectivity index (χ2v) is 5.04. The van der Waals surface area contributed by atoms with E-state index in [-0.39, 0.29) is 6.09 Å². The molecule has 0 unspecified atom stereocenters. The Labute approximate surface area is 108 Å². The Bertz CT molecular complexity index is 376. The highest BCUT2D eigenvalue weighted by molar-refractivity contribution is 5.68. The van der Waals surface area contributed by atoms with Crippen molar-refractivity contribution in [1.29, 1.82) is 0 Å². The molecule has 0 radical (unpaired) electrons. The molecule has 0 spiro atoms.